The van der Waals surface area contributed by atoms with E-state index in [0.29, 0.717) is 0 Å². The van der Waals surface area contributed by atoms with Crippen molar-refractivity contribution in [1.82, 2.24) is 19.6 Å². The molecular formula is C40H52N4O4. The smallest absolute Gasteiger partial charge is 0.119 e. The van der Waals surface area contributed by atoms with Crippen LogP contribution in [0.5, 0.6) is 23.0 Å². The van der Waals surface area contributed by atoms with Gasteiger partial charge < -0.3 is 18.9 Å². The molecule has 0 atom stereocenters. The minimum atomic E-state index is 0.882. The number of hydrogen-bond acceptors (Lipinski definition) is 8. The minimum Gasteiger partial charge on any atom is -0.497 e. The van der Waals surface area contributed by atoms with Crippen molar-refractivity contribution in [1.29, 1.82) is 0 Å². The first kappa shape index (κ1) is 35.2. The lowest BCUT2D eigenvalue weighted by Crippen LogP contribution is -2.45. The van der Waals surface area contributed by atoms with Crippen molar-refractivity contribution in [2.75, 3.05) is 80.8 Å². The molecule has 256 valence electrons. The first-order valence-corrected chi connectivity index (χ1v) is 16.9. The monoisotopic (exact) mass is 652 g/mol. The van der Waals surface area contributed by atoms with Crippen LogP contribution in [0, 0.1) is 0 Å². The molecule has 0 aliphatic carbocycles. The summed E-state index contributed by atoms with van der Waals surface area (Å²) >= 11 is 0. The third-order valence-electron chi connectivity index (χ3n) is 9.17. The Morgan fingerprint density at radius 2 is 0.646 bits per heavy atom. The van der Waals surface area contributed by atoms with Gasteiger partial charge in [0.2, 0.25) is 0 Å². The van der Waals surface area contributed by atoms with Gasteiger partial charge in [0, 0.05) is 78.5 Å². The van der Waals surface area contributed by atoms with Crippen LogP contribution in [0.4, 0.5) is 0 Å². The molecule has 0 radical (unpaired) electrons. The number of nitrogens with zero attached hydrogens (tertiary/aromatic N) is 4. The first-order valence-electron chi connectivity index (χ1n) is 16.9. The van der Waals surface area contributed by atoms with Crippen LogP contribution in [0.1, 0.15) is 22.3 Å². The average molecular weight is 653 g/mol. The van der Waals surface area contributed by atoms with E-state index in [9.17, 15) is 0 Å². The van der Waals surface area contributed by atoms with E-state index in [2.05, 4.69) is 111 Å². The second kappa shape index (κ2) is 18.5. The summed E-state index contributed by atoms with van der Waals surface area (Å²) in [6, 6.07) is 34.0. The van der Waals surface area contributed by atoms with Crippen LogP contribution in [-0.2, 0) is 26.2 Å². The van der Waals surface area contributed by atoms with Crippen LogP contribution in [0.2, 0.25) is 0 Å². The van der Waals surface area contributed by atoms with Crippen LogP contribution in [0.15, 0.2) is 97.1 Å². The standard InChI is InChI=1S/C40H52N4O4/c1-45-37-14-8-33(9-15-37)29-41-20-22-42(30-34-10-16-38(46-2)17-11-34)24-26-44(32-36-6-5-7-40(28-36)48-4)27-25-43(23-21-41)31-35-12-18-39(47-3)19-13-35/h5-19,28H,20-27,29-32H2,1-4H3. The maximum atomic E-state index is 5.56. The molecule has 0 bridgehead atoms. The summed E-state index contributed by atoms with van der Waals surface area (Å²) in [6.45, 7) is 11.4. The Labute approximate surface area is 287 Å². The average Bonchev–Trinajstić information content (AvgIpc) is 3.13. The van der Waals surface area contributed by atoms with Gasteiger partial charge in [0.05, 0.1) is 28.4 Å². The van der Waals surface area contributed by atoms with Gasteiger partial charge in [-0.2, -0.15) is 0 Å². The summed E-state index contributed by atoms with van der Waals surface area (Å²) in [6.07, 6.45) is 0. The number of benzene rings is 4. The van der Waals surface area contributed by atoms with E-state index in [4.69, 9.17) is 18.9 Å². The zero-order chi connectivity index (χ0) is 33.6. The molecule has 4 aromatic rings. The summed E-state index contributed by atoms with van der Waals surface area (Å²) < 4.78 is 21.8. The fourth-order valence-corrected chi connectivity index (χ4v) is 6.21. The summed E-state index contributed by atoms with van der Waals surface area (Å²) in [4.78, 5) is 10.4. The Balaban J connectivity index is 1.37. The van der Waals surface area contributed by atoms with Gasteiger partial charge in [-0.15, -0.1) is 0 Å². The first-order chi connectivity index (χ1) is 23.5. The molecule has 1 heterocycles. The Morgan fingerprint density at radius 3 is 0.938 bits per heavy atom. The van der Waals surface area contributed by atoms with E-state index in [-0.39, 0.29) is 0 Å². The normalized spacial score (nSPS) is 16.1. The molecule has 0 saturated carbocycles. The van der Waals surface area contributed by atoms with Gasteiger partial charge in [-0.1, -0.05) is 48.5 Å². The number of hydrogen-bond donors (Lipinski definition) is 0. The molecule has 1 aliphatic rings. The summed E-state index contributed by atoms with van der Waals surface area (Å²) in [7, 11) is 6.90. The summed E-state index contributed by atoms with van der Waals surface area (Å²) in [5.74, 6) is 3.58. The fourth-order valence-electron chi connectivity index (χ4n) is 6.21. The van der Waals surface area contributed by atoms with Crippen LogP contribution < -0.4 is 18.9 Å². The Hall–Kier alpha value is -4.08. The molecule has 0 unspecified atom stereocenters. The van der Waals surface area contributed by atoms with Crippen molar-refractivity contribution >= 4 is 0 Å². The number of ether oxygens (including phenoxy) is 4. The van der Waals surface area contributed by atoms with Crippen LogP contribution in [-0.4, -0.2) is 100 Å². The van der Waals surface area contributed by atoms with E-state index < -0.39 is 0 Å². The van der Waals surface area contributed by atoms with Gasteiger partial charge in [0.25, 0.3) is 0 Å². The highest BCUT2D eigenvalue weighted by Crippen LogP contribution is 2.19. The third kappa shape index (κ3) is 11.0. The second-order valence-corrected chi connectivity index (χ2v) is 12.5. The molecule has 0 spiro atoms. The van der Waals surface area contributed by atoms with Gasteiger partial charge in [0.15, 0.2) is 0 Å². The largest absolute Gasteiger partial charge is 0.497 e. The molecule has 0 N–H and O–H groups in total. The Kier molecular flexibility index (Phi) is 13.5. The topological polar surface area (TPSA) is 49.9 Å². The summed E-state index contributed by atoms with van der Waals surface area (Å²) in [5.41, 5.74) is 5.18. The van der Waals surface area contributed by atoms with E-state index in [1.807, 2.05) is 6.07 Å². The fraction of sp³-hybridized carbons (Fsp3) is 0.400. The zero-order valence-electron chi connectivity index (χ0n) is 29.1. The minimum absolute atomic E-state index is 0.882. The number of rotatable bonds is 12. The van der Waals surface area contributed by atoms with Crippen molar-refractivity contribution in [3.05, 3.63) is 119 Å². The second-order valence-electron chi connectivity index (χ2n) is 12.5. The van der Waals surface area contributed by atoms with Crippen LogP contribution in [0.3, 0.4) is 0 Å². The maximum Gasteiger partial charge on any atom is 0.119 e. The molecule has 1 aliphatic heterocycles. The zero-order valence-corrected chi connectivity index (χ0v) is 29.1. The highest BCUT2D eigenvalue weighted by molar-refractivity contribution is 5.30. The van der Waals surface area contributed by atoms with Gasteiger partial charge in [-0.05, 0) is 70.8 Å². The molecule has 1 fully saturated rings. The SMILES string of the molecule is COc1ccc(CN2CCN(Cc3ccc(OC)cc3)CCN(Cc3cccc(OC)c3)CCN(Cc3ccc(OC)cc3)CC2)cc1. The van der Waals surface area contributed by atoms with E-state index >= 15 is 0 Å². The number of methoxy groups -OCH3 is 4. The molecule has 8 heteroatoms. The molecular weight excluding hydrogens is 600 g/mol. The predicted octanol–water partition coefficient (Wildman–Crippen LogP) is 6.04. The third-order valence-corrected chi connectivity index (χ3v) is 9.17. The Morgan fingerprint density at radius 1 is 0.354 bits per heavy atom. The molecule has 0 aromatic heterocycles. The summed E-state index contributed by atoms with van der Waals surface area (Å²) in [5, 5.41) is 0. The lowest BCUT2D eigenvalue weighted by Gasteiger charge is -2.34. The predicted molar refractivity (Wildman–Crippen MR) is 193 cm³/mol. The Bertz CT molecular complexity index is 1430. The lowest BCUT2D eigenvalue weighted by molar-refractivity contribution is 0.122. The van der Waals surface area contributed by atoms with Crippen molar-refractivity contribution in [3.63, 3.8) is 0 Å². The quantitative estimate of drug-likeness (QED) is 0.184. The van der Waals surface area contributed by atoms with Crippen molar-refractivity contribution < 1.29 is 18.9 Å². The molecule has 8 nitrogen and oxygen atoms in total. The van der Waals surface area contributed by atoms with Crippen molar-refractivity contribution in [2.24, 2.45) is 0 Å². The van der Waals surface area contributed by atoms with Crippen LogP contribution >= 0.6 is 0 Å². The van der Waals surface area contributed by atoms with E-state index in [1.165, 1.54) is 22.3 Å². The van der Waals surface area contributed by atoms with Crippen molar-refractivity contribution in [3.8, 4) is 23.0 Å². The molecule has 0 amide bonds. The maximum absolute atomic E-state index is 5.56. The highest BCUT2D eigenvalue weighted by atomic mass is 16.5. The van der Waals surface area contributed by atoms with E-state index in [1.54, 1.807) is 28.4 Å². The molecule has 4 aromatic carbocycles. The molecule has 5 rings (SSSR count). The lowest BCUT2D eigenvalue weighted by atomic mass is 10.1. The van der Waals surface area contributed by atoms with E-state index in [0.717, 1.165) is 102 Å². The molecule has 48 heavy (non-hydrogen) atoms. The highest BCUT2D eigenvalue weighted by Gasteiger charge is 2.18. The van der Waals surface area contributed by atoms with Crippen molar-refractivity contribution in [2.45, 2.75) is 26.2 Å². The van der Waals surface area contributed by atoms with Crippen LogP contribution in [0.25, 0.3) is 0 Å². The van der Waals surface area contributed by atoms with Gasteiger partial charge in [0.1, 0.15) is 23.0 Å². The van der Waals surface area contributed by atoms with Gasteiger partial charge in [-0.3, -0.25) is 19.6 Å². The van der Waals surface area contributed by atoms with Gasteiger partial charge >= 0.3 is 0 Å². The molecule has 1 saturated heterocycles. The van der Waals surface area contributed by atoms with Gasteiger partial charge in [-0.25, -0.2) is 0 Å².